The summed E-state index contributed by atoms with van der Waals surface area (Å²) >= 11 is 6.26. The van der Waals surface area contributed by atoms with E-state index in [1.807, 2.05) is 36.4 Å². The second-order valence-electron chi connectivity index (χ2n) is 6.25. The monoisotopic (exact) mass is 423 g/mol. The third kappa shape index (κ3) is 4.66. The maximum Gasteiger partial charge on any atom is 0.258 e. The second-order valence-corrected chi connectivity index (χ2v) is 6.65. The van der Waals surface area contributed by atoms with Gasteiger partial charge in [0.15, 0.2) is 18.1 Å². The van der Waals surface area contributed by atoms with Crippen molar-refractivity contribution in [1.29, 1.82) is 0 Å². The molecular weight excluding hydrogens is 406 g/mol. The molecule has 30 heavy (non-hydrogen) atoms. The topological polar surface area (TPSA) is 90.6 Å². The first-order valence-corrected chi connectivity index (χ1v) is 9.63. The zero-order chi connectivity index (χ0) is 20.8. The summed E-state index contributed by atoms with van der Waals surface area (Å²) in [5.74, 6) is 1.31. The summed E-state index contributed by atoms with van der Waals surface area (Å²) in [5, 5.41) is 16.0. The number of carbonyl (C=O) groups is 1. The van der Waals surface area contributed by atoms with Crippen molar-refractivity contribution in [2.75, 3.05) is 19.8 Å². The van der Waals surface area contributed by atoms with Crippen LogP contribution in [0.25, 0.3) is 17.0 Å². The van der Waals surface area contributed by atoms with Crippen LogP contribution in [0.5, 0.6) is 11.6 Å². The molecule has 4 rings (SSSR count). The number of hydrogen-bond acceptors (Lipinski definition) is 6. The van der Waals surface area contributed by atoms with Gasteiger partial charge in [0.25, 0.3) is 5.91 Å². The Balaban J connectivity index is 1.32. The van der Waals surface area contributed by atoms with E-state index in [9.17, 15) is 4.79 Å². The molecule has 0 bridgehead atoms. The Labute approximate surface area is 177 Å². The molecule has 2 aromatic heterocycles. The molecule has 152 valence electrons. The van der Waals surface area contributed by atoms with Gasteiger partial charge < -0.3 is 14.8 Å². The van der Waals surface area contributed by atoms with Gasteiger partial charge in [0.1, 0.15) is 12.4 Å². The van der Waals surface area contributed by atoms with Gasteiger partial charge in [-0.1, -0.05) is 41.9 Å². The molecule has 9 heteroatoms. The first-order valence-electron chi connectivity index (χ1n) is 9.25. The highest BCUT2D eigenvalue weighted by Gasteiger charge is 2.13. The molecule has 0 saturated carbocycles. The Kier molecular flexibility index (Phi) is 6.05. The SMILES string of the molecule is O=C(COc1ccccc1)NCCOc1ccc2nnc(-c3ccccc3Cl)n2n1. The fourth-order valence-corrected chi connectivity index (χ4v) is 2.94. The molecule has 2 aromatic carbocycles. The van der Waals surface area contributed by atoms with Gasteiger partial charge in [0, 0.05) is 11.6 Å². The average molecular weight is 424 g/mol. The predicted octanol–water partition coefficient (Wildman–Crippen LogP) is 3.02. The van der Waals surface area contributed by atoms with Crippen molar-refractivity contribution in [3.05, 3.63) is 71.8 Å². The first kappa shape index (κ1) is 19.7. The van der Waals surface area contributed by atoms with E-state index in [1.165, 1.54) is 0 Å². The number of para-hydroxylation sites is 1. The van der Waals surface area contributed by atoms with Crippen LogP contribution in [0.15, 0.2) is 66.7 Å². The molecule has 1 N–H and O–H groups in total. The van der Waals surface area contributed by atoms with Crippen molar-refractivity contribution in [3.63, 3.8) is 0 Å². The molecule has 0 aliphatic heterocycles. The van der Waals surface area contributed by atoms with E-state index >= 15 is 0 Å². The van der Waals surface area contributed by atoms with E-state index < -0.39 is 0 Å². The average Bonchev–Trinajstić information content (AvgIpc) is 3.19. The molecule has 0 saturated heterocycles. The summed E-state index contributed by atoms with van der Waals surface area (Å²) in [6.07, 6.45) is 0. The number of nitrogens with zero attached hydrogens (tertiary/aromatic N) is 4. The van der Waals surface area contributed by atoms with Crippen LogP contribution in [0.4, 0.5) is 0 Å². The lowest BCUT2D eigenvalue weighted by Crippen LogP contribution is -2.32. The lowest BCUT2D eigenvalue weighted by Gasteiger charge is -2.09. The number of rotatable bonds is 8. The zero-order valence-electron chi connectivity index (χ0n) is 15.9. The highest BCUT2D eigenvalue weighted by atomic mass is 35.5. The highest BCUT2D eigenvalue weighted by molar-refractivity contribution is 6.33. The molecule has 0 aliphatic rings. The van der Waals surface area contributed by atoms with Crippen LogP contribution in [0.1, 0.15) is 0 Å². The Morgan fingerprint density at radius 2 is 1.77 bits per heavy atom. The molecule has 0 spiro atoms. The summed E-state index contributed by atoms with van der Waals surface area (Å²) in [7, 11) is 0. The number of amides is 1. The fourth-order valence-electron chi connectivity index (χ4n) is 2.72. The fraction of sp³-hybridized carbons (Fsp3) is 0.143. The van der Waals surface area contributed by atoms with E-state index in [1.54, 1.807) is 34.8 Å². The van der Waals surface area contributed by atoms with Gasteiger partial charge in [0.05, 0.1) is 11.6 Å². The Morgan fingerprint density at radius 1 is 0.967 bits per heavy atom. The number of benzene rings is 2. The van der Waals surface area contributed by atoms with Crippen LogP contribution in [0, 0.1) is 0 Å². The minimum absolute atomic E-state index is 0.0594. The van der Waals surface area contributed by atoms with Gasteiger partial charge in [0.2, 0.25) is 5.88 Å². The maximum absolute atomic E-state index is 11.9. The number of ether oxygens (including phenoxy) is 2. The lowest BCUT2D eigenvalue weighted by atomic mass is 10.2. The molecular formula is C21H18ClN5O3. The van der Waals surface area contributed by atoms with E-state index in [4.69, 9.17) is 21.1 Å². The van der Waals surface area contributed by atoms with Crippen molar-refractivity contribution < 1.29 is 14.3 Å². The van der Waals surface area contributed by atoms with Gasteiger partial charge in [-0.25, -0.2) is 0 Å². The maximum atomic E-state index is 11.9. The van der Waals surface area contributed by atoms with Gasteiger partial charge in [-0.2, -0.15) is 4.52 Å². The van der Waals surface area contributed by atoms with Crippen molar-refractivity contribution in [2.24, 2.45) is 0 Å². The smallest absolute Gasteiger partial charge is 0.258 e. The van der Waals surface area contributed by atoms with Crippen LogP contribution >= 0.6 is 11.6 Å². The van der Waals surface area contributed by atoms with Crippen molar-refractivity contribution in [2.45, 2.75) is 0 Å². The van der Waals surface area contributed by atoms with Crippen LogP contribution in [0.2, 0.25) is 5.02 Å². The van der Waals surface area contributed by atoms with Crippen LogP contribution < -0.4 is 14.8 Å². The molecule has 0 atom stereocenters. The molecule has 4 aromatic rings. The molecule has 2 heterocycles. The third-order valence-electron chi connectivity index (χ3n) is 4.14. The quantitative estimate of drug-likeness (QED) is 0.438. The number of nitrogens with one attached hydrogen (secondary N) is 1. The highest BCUT2D eigenvalue weighted by Crippen LogP contribution is 2.26. The van der Waals surface area contributed by atoms with Gasteiger partial charge in [-0.15, -0.1) is 15.3 Å². The number of hydrogen-bond donors (Lipinski definition) is 1. The summed E-state index contributed by atoms with van der Waals surface area (Å²) in [4.78, 5) is 11.9. The molecule has 0 unspecified atom stereocenters. The molecule has 1 amide bonds. The molecule has 0 radical (unpaired) electrons. The Bertz CT molecular complexity index is 1150. The third-order valence-corrected chi connectivity index (χ3v) is 4.47. The molecule has 0 fully saturated rings. The summed E-state index contributed by atoms with van der Waals surface area (Å²) in [6.45, 7) is 0.505. The van der Waals surface area contributed by atoms with E-state index in [-0.39, 0.29) is 19.1 Å². The number of aromatic nitrogens is 4. The summed E-state index contributed by atoms with van der Waals surface area (Å²) < 4.78 is 12.6. The Hall–Kier alpha value is -3.65. The minimum Gasteiger partial charge on any atom is -0.484 e. The molecule has 8 nitrogen and oxygen atoms in total. The van der Waals surface area contributed by atoms with Crippen LogP contribution in [-0.4, -0.2) is 45.5 Å². The second kappa shape index (κ2) is 9.23. The summed E-state index contributed by atoms with van der Waals surface area (Å²) in [5.41, 5.74) is 1.30. The van der Waals surface area contributed by atoms with Gasteiger partial charge in [-0.3, -0.25) is 4.79 Å². The number of halogens is 1. The van der Waals surface area contributed by atoms with Crippen molar-refractivity contribution in [3.8, 4) is 23.0 Å². The van der Waals surface area contributed by atoms with Gasteiger partial charge in [-0.05, 0) is 30.3 Å². The number of fused-ring (bicyclic) bond motifs is 1. The van der Waals surface area contributed by atoms with Crippen LogP contribution in [0.3, 0.4) is 0 Å². The van der Waals surface area contributed by atoms with E-state index in [0.717, 1.165) is 5.56 Å². The minimum atomic E-state index is -0.231. The van der Waals surface area contributed by atoms with Crippen molar-refractivity contribution in [1.82, 2.24) is 25.1 Å². The number of carbonyl (C=O) groups excluding carboxylic acids is 1. The normalized spacial score (nSPS) is 10.7. The molecule has 0 aliphatic carbocycles. The zero-order valence-corrected chi connectivity index (χ0v) is 16.6. The largest absolute Gasteiger partial charge is 0.484 e. The standard InChI is InChI=1S/C21H18ClN5O3/c22-17-9-5-4-8-16(17)21-25-24-18-10-11-20(26-27(18)21)29-13-12-23-19(28)14-30-15-6-2-1-3-7-15/h1-11H,12-14H2,(H,23,28). The lowest BCUT2D eigenvalue weighted by molar-refractivity contribution is -0.123. The van der Waals surface area contributed by atoms with Crippen LogP contribution in [-0.2, 0) is 4.79 Å². The van der Waals surface area contributed by atoms with E-state index in [2.05, 4.69) is 20.6 Å². The van der Waals surface area contributed by atoms with E-state index in [0.29, 0.717) is 34.7 Å². The summed E-state index contributed by atoms with van der Waals surface area (Å²) in [6, 6.07) is 19.9. The first-order chi connectivity index (χ1) is 14.7. The van der Waals surface area contributed by atoms with Gasteiger partial charge >= 0.3 is 0 Å². The predicted molar refractivity (Wildman–Crippen MR) is 112 cm³/mol. The van der Waals surface area contributed by atoms with Crippen molar-refractivity contribution >= 4 is 23.2 Å². The Morgan fingerprint density at radius 3 is 2.60 bits per heavy atom.